The van der Waals surface area contributed by atoms with E-state index in [-0.39, 0.29) is 12.2 Å². The fraction of sp³-hybridized carbons (Fsp3) is 0.308. The Kier molecular flexibility index (Phi) is 5.05. The minimum absolute atomic E-state index is 0.0446. The molecule has 6 heteroatoms. The minimum atomic E-state index is -1.13. The van der Waals surface area contributed by atoms with E-state index in [1.54, 1.807) is 6.92 Å². The summed E-state index contributed by atoms with van der Waals surface area (Å²) in [5, 5.41) is 18.3. The number of nitrogens with zero attached hydrogens (tertiary/aromatic N) is 1. The van der Waals surface area contributed by atoms with Gasteiger partial charge in [-0.05, 0) is 24.6 Å². The number of aliphatic carboxylic acids is 1. The number of ether oxygens (including phenoxy) is 1. The van der Waals surface area contributed by atoms with E-state index in [9.17, 15) is 9.59 Å². The van der Waals surface area contributed by atoms with Gasteiger partial charge in [0.25, 0.3) is 0 Å². The predicted molar refractivity (Wildman–Crippen MR) is 68.2 cm³/mol. The van der Waals surface area contributed by atoms with Crippen molar-refractivity contribution in [2.45, 2.75) is 19.4 Å². The van der Waals surface area contributed by atoms with Crippen molar-refractivity contribution in [3.63, 3.8) is 0 Å². The Bertz CT molecular complexity index is 492. The maximum absolute atomic E-state index is 11.2. The predicted octanol–water partition coefficient (Wildman–Crippen LogP) is 1.54. The van der Waals surface area contributed by atoms with Crippen molar-refractivity contribution < 1.29 is 24.5 Å². The number of methoxy groups -OCH3 is 1. The molecule has 6 nitrogen and oxygen atoms in total. The molecular weight excluding hydrogens is 250 g/mol. The fourth-order valence-corrected chi connectivity index (χ4v) is 1.48. The van der Waals surface area contributed by atoms with E-state index in [1.165, 1.54) is 31.4 Å². The smallest absolute Gasteiger partial charge is 0.333 e. The number of benzene rings is 1. The van der Waals surface area contributed by atoms with E-state index in [4.69, 9.17) is 10.2 Å². The summed E-state index contributed by atoms with van der Waals surface area (Å²) in [6.45, 7) is 1.56. The lowest BCUT2D eigenvalue weighted by molar-refractivity contribution is -0.140. The van der Waals surface area contributed by atoms with E-state index >= 15 is 0 Å². The molecule has 0 bridgehead atoms. The molecule has 0 unspecified atom stereocenters. The summed E-state index contributed by atoms with van der Waals surface area (Å²) in [5.41, 5.74) is 0.793. The van der Waals surface area contributed by atoms with Crippen LogP contribution < -0.4 is 0 Å². The highest BCUT2D eigenvalue weighted by molar-refractivity contribution is 5.98. The molecule has 0 aliphatic rings. The monoisotopic (exact) mass is 265 g/mol. The fourth-order valence-electron chi connectivity index (χ4n) is 1.48. The zero-order valence-corrected chi connectivity index (χ0v) is 10.7. The molecule has 2 N–H and O–H groups in total. The Labute approximate surface area is 110 Å². The normalized spacial score (nSPS) is 12.8. The lowest BCUT2D eigenvalue weighted by Gasteiger charge is -2.09. The van der Waals surface area contributed by atoms with Crippen molar-refractivity contribution in [1.82, 2.24) is 0 Å². The molecule has 0 heterocycles. The number of rotatable bonds is 5. The molecule has 0 saturated heterocycles. The molecule has 102 valence electrons. The van der Waals surface area contributed by atoms with Gasteiger partial charge < -0.3 is 14.9 Å². The van der Waals surface area contributed by atoms with Gasteiger partial charge >= 0.3 is 11.9 Å². The number of aliphatic imine (C=N–C) groups is 1. The number of carbonyl (C=O) groups excluding carboxylic acids is 1. The van der Waals surface area contributed by atoms with E-state index < -0.39 is 18.0 Å². The first-order valence-corrected chi connectivity index (χ1v) is 5.56. The van der Waals surface area contributed by atoms with Gasteiger partial charge in [0.2, 0.25) is 0 Å². The first-order chi connectivity index (χ1) is 8.93. The second-order valence-electron chi connectivity index (χ2n) is 3.95. The highest BCUT2D eigenvalue weighted by Crippen LogP contribution is 2.21. The highest BCUT2D eigenvalue weighted by atomic mass is 16.5. The Hall–Kier alpha value is -2.37. The van der Waals surface area contributed by atoms with Crippen molar-refractivity contribution in [1.29, 1.82) is 0 Å². The summed E-state index contributed by atoms with van der Waals surface area (Å²) < 4.78 is 4.48. The number of phenolic OH excluding ortho intramolecular Hbond substituents is 1. The molecule has 1 rings (SSSR count). The van der Waals surface area contributed by atoms with Crippen molar-refractivity contribution in [2.75, 3.05) is 7.11 Å². The summed E-state index contributed by atoms with van der Waals surface area (Å²) in [4.78, 5) is 26.3. The number of hydrogen-bond donors (Lipinski definition) is 2. The van der Waals surface area contributed by atoms with E-state index in [0.717, 1.165) is 0 Å². The van der Waals surface area contributed by atoms with Gasteiger partial charge in [-0.2, -0.15) is 0 Å². The first kappa shape index (κ1) is 14.7. The SMILES string of the molecule is COC(=O)CC(C)=N[C@@H](C(=O)O)c1ccc(O)cc1. The summed E-state index contributed by atoms with van der Waals surface area (Å²) in [6.07, 6.45) is -0.0572. The van der Waals surface area contributed by atoms with Gasteiger partial charge in [0.05, 0.1) is 13.5 Å². The standard InChI is InChI=1S/C13H15NO5/c1-8(7-11(16)19-2)14-12(13(17)18)9-3-5-10(15)6-4-9/h3-6,12,15H,7H2,1-2H3,(H,17,18)/t12-/m1/s1. The Morgan fingerprint density at radius 3 is 2.37 bits per heavy atom. The quantitative estimate of drug-likeness (QED) is 0.622. The third-order valence-corrected chi connectivity index (χ3v) is 2.42. The van der Waals surface area contributed by atoms with Crippen molar-refractivity contribution in [3.05, 3.63) is 29.8 Å². The Morgan fingerprint density at radius 2 is 1.89 bits per heavy atom. The van der Waals surface area contributed by atoms with E-state index in [2.05, 4.69) is 9.73 Å². The van der Waals surface area contributed by atoms with Crippen LogP contribution in [-0.2, 0) is 14.3 Å². The van der Waals surface area contributed by atoms with Crippen molar-refractivity contribution in [3.8, 4) is 5.75 Å². The van der Waals surface area contributed by atoms with Crippen LogP contribution in [0.25, 0.3) is 0 Å². The molecule has 0 radical (unpaired) electrons. The maximum Gasteiger partial charge on any atom is 0.333 e. The number of esters is 1. The molecule has 0 aliphatic carbocycles. The average Bonchev–Trinajstić information content (AvgIpc) is 2.36. The van der Waals surface area contributed by atoms with Crippen LogP contribution in [0.2, 0.25) is 0 Å². The summed E-state index contributed by atoms with van der Waals surface area (Å²) in [5.74, 6) is -1.56. The number of hydrogen-bond acceptors (Lipinski definition) is 5. The van der Waals surface area contributed by atoms with Crippen LogP contribution in [0.4, 0.5) is 0 Å². The highest BCUT2D eigenvalue weighted by Gasteiger charge is 2.19. The zero-order chi connectivity index (χ0) is 14.4. The van der Waals surface area contributed by atoms with Crippen LogP contribution in [-0.4, -0.2) is 35.0 Å². The number of aromatic hydroxyl groups is 1. The first-order valence-electron chi connectivity index (χ1n) is 5.56. The van der Waals surface area contributed by atoms with Crippen LogP contribution in [0.15, 0.2) is 29.3 Å². The third kappa shape index (κ3) is 4.42. The number of carboxylic acids is 1. The average molecular weight is 265 g/mol. The molecule has 0 spiro atoms. The molecule has 0 aromatic heterocycles. The lowest BCUT2D eigenvalue weighted by atomic mass is 10.1. The van der Waals surface area contributed by atoms with Gasteiger partial charge in [0.1, 0.15) is 5.75 Å². The number of phenols is 1. The topological polar surface area (TPSA) is 96.2 Å². The van der Waals surface area contributed by atoms with Gasteiger partial charge in [0.15, 0.2) is 6.04 Å². The van der Waals surface area contributed by atoms with Crippen molar-refractivity contribution in [2.24, 2.45) is 4.99 Å². The third-order valence-electron chi connectivity index (χ3n) is 2.42. The molecule has 0 saturated carbocycles. The Balaban J connectivity index is 2.95. The number of carboxylic acid groups (broad SMARTS) is 1. The zero-order valence-electron chi connectivity index (χ0n) is 10.7. The number of carbonyl (C=O) groups is 2. The molecule has 0 amide bonds. The molecule has 0 fully saturated rings. The van der Waals surface area contributed by atoms with Gasteiger partial charge in [-0.15, -0.1) is 0 Å². The molecule has 1 aromatic rings. The molecule has 0 aliphatic heterocycles. The molecular formula is C13H15NO5. The van der Waals surface area contributed by atoms with Crippen molar-refractivity contribution >= 4 is 17.7 Å². The summed E-state index contributed by atoms with van der Waals surface area (Å²) in [7, 11) is 1.25. The Morgan fingerprint density at radius 1 is 1.32 bits per heavy atom. The summed E-state index contributed by atoms with van der Waals surface area (Å²) in [6, 6.07) is 4.61. The van der Waals surface area contributed by atoms with Crippen LogP contribution in [0.5, 0.6) is 5.75 Å². The minimum Gasteiger partial charge on any atom is -0.508 e. The maximum atomic E-state index is 11.2. The second-order valence-corrected chi connectivity index (χ2v) is 3.95. The summed E-state index contributed by atoms with van der Waals surface area (Å²) >= 11 is 0. The van der Waals surface area contributed by atoms with Gasteiger partial charge in [-0.1, -0.05) is 12.1 Å². The van der Waals surface area contributed by atoms with E-state index in [0.29, 0.717) is 11.3 Å². The van der Waals surface area contributed by atoms with Crippen LogP contribution >= 0.6 is 0 Å². The van der Waals surface area contributed by atoms with Gasteiger partial charge in [-0.3, -0.25) is 9.79 Å². The van der Waals surface area contributed by atoms with Crippen LogP contribution in [0, 0.1) is 0 Å². The molecule has 1 aromatic carbocycles. The molecule has 19 heavy (non-hydrogen) atoms. The molecule has 1 atom stereocenters. The van der Waals surface area contributed by atoms with Crippen LogP contribution in [0.3, 0.4) is 0 Å². The van der Waals surface area contributed by atoms with Crippen LogP contribution in [0.1, 0.15) is 24.9 Å². The largest absolute Gasteiger partial charge is 0.508 e. The van der Waals surface area contributed by atoms with Gasteiger partial charge in [0, 0.05) is 5.71 Å². The van der Waals surface area contributed by atoms with Gasteiger partial charge in [-0.25, -0.2) is 4.79 Å². The van der Waals surface area contributed by atoms with E-state index in [1.807, 2.05) is 0 Å². The second kappa shape index (κ2) is 6.53. The lowest BCUT2D eigenvalue weighted by Crippen LogP contribution is -2.13.